The lowest BCUT2D eigenvalue weighted by Gasteiger charge is -2.38. The van der Waals surface area contributed by atoms with Gasteiger partial charge in [-0.2, -0.15) is 0 Å². The van der Waals surface area contributed by atoms with E-state index in [0.29, 0.717) is 0 Å². The number of nitrogens with two attached hydrogens (primary N) is 1. The van der Waals surface area contributed by atoms with E-state index in [-0.39, 0.29) is 5.54 Å². The summed E-state index contributed by atoms with van der Waals surface area (Å²) in [5, 5.41) is 0. The van der Waals surface area contributed by atoms with Crippen LogP contribution < -0.4 is 5.73 Å². The molecule has 0 atom stereocenters. The second kappa shape index (κ2) is 5.11. The zero-order valence-corrected chi connectivity index (χ0v) is 12.4. The van der Waals surface area contributed by atoms with Gasteiger partial charge in [0, 0.05) is 23.0 Å². The van der Waals surface area contributed by atoms with Gasteiger partial charge in [0.1, 0.15) is 0 Å². The van der Waals surface area contributed by atoms with E-state index in [1.807, 2.05) is 24.5 Å². The molecule has 1 heterocycles. The van der Waals surface area contributed by atoms with Gasteiger partial charge in [-0.15, -0.1) is 0 Å². The third-order valence-electron chi connectivity index (χ3n) is 4.64. The van der Waals surface area contributed by atoms with Crippen LogP contribution in [0, 0.1) is 0 Å². The quantitative estimate of drug-likeness (QED) is 0.795. The van der Waals surface area contributed by atoms with Gasteiger partial charge in [0.25, 0.3) is 0 Å². The Labute approximate surface area is 130 Å². The van der Waals surface area contributed by atoms with Gasteiger partial charge < -0.3 is 10.3 Å². The van der Waals surface area contributed by atoms with Crippen molar-refractivity contribution in [3.63, 3.8) is 0 Å². The first kappa shape index (κ1) is 13.3. The van der Waals surface area contributed by atoms with Gasteiger partial charge in [-0.3, -0.25) is 0 Å². The average Bonchev–Trinajstić information content (AvgIpc) is 3.04. The van der Waals surface area contributed by atoms with Gasteiger partial charge in [-0.25, -0.2) is 4.98 Å². The van der Waals surface area contributed by atoms with Crippen molar-refractivity contribution in [1.82, 2.24) is 9.55 Å². The Bertz CT molecular complexity index is 768. The van der Waals surface area contributed by atoms with Crippen LogP contribution in [0.1, 0.15) is 24.8 Å². The minimum Gasteiger partial charge on any atom is -0.321 e. The summed E-state index contributed by atoms with van der Waals surface area (Å²) in [6.45, 7) is 0. The molecule has 3 heteroatoms. The minimum atomic E-state index is -0.0946. The molecule has 0 amide bonds. The van der Waals surface area contributed by atoms with Crippen LogP contribution >= 0.6 is 0 Å². The molecule has 0 spiro atoms. The highest BCUT2D eigenvalue weighted by molar-refractivity contribution is 5.58. The topological polar surface area (TPSA) is 43.8 Å². The summed E-state index contributed by atoms with van der Waals surface area (Å²) in [6.07, 6.45) is 7.34. The number of rotatable bonds is 3. The molecule has 1 aliphatic rings. The Kier molecular flexibility index (Phi) is 3.09. The first-order chi connectivity index (χ1) is 10.7. The van der Waals surface area contributed by atoms with E-state index < -0.39 is 0 Å². The Morgan fingerprint density at radius 3 is 2.32 bits per heavy atom. The van der Waals surface area contributed by atoms with Crippen LogP contribution in [0.4, 0.5) is 0 Å². The van der Waals surface area contributed by atoms with Crippen LogP contribution in [-0.4, -0.2) is 9.55 Å². The first-order valence-electron chi connectivity index (χ1n) is 7.74. The molecule has 1 aliphatic carbocycles. The Morgan fingerprint density at radius 1 is 0.955 bits per heavy atom. The highest BCUT2D eigenvalue weighted by Crippen LogP contribution is 2.38. The molecule has 2 aromatic carbocycles. The number of aromatic nitrogens is 2. The van der Waals surface area contributed by atoms with Gasteiger partial charge in [-0.1, -0.05) is 42.5 Å². The lowest BCUT2D eigenvalue weighted by molar-refractivity contribution is 0.253. The van der Waals surface area contributed by atoms with Crippen LogP contribution in [-0.2, 0) is 5.54 Å². The monoisotopic (exact) mass is 289 g/mol. The Balaban J connectivity index is 1.61. The normalized spacial score (nSPS) is 16.2. The molecule has 3 nitrogen and oxygen atoms in total. The number of nitrogens with zero attached hydrogens (tertiary/aromatic N) is 2. The summed E-state index contributed by atoms with van der Waals surface area (Å²) in [7, 11) is 0. The smallest absolute Gasteiger partial charge is 0.0999 e. The fraction of sp³-hybridized carbons (Fsp3) is 0.211. The summed E-state index contributed by atoms with van der Waals surface area (Å²) in [4.78, 5) is 4.50. The SMILES string of the molecule is NC1(c2ccc(-n3cnc(-c4ccccc4)c3)cc2)CCC1. The number of hydrogen-bond acceptors (Lipinski definition) is 2. The Hall–Kier alpha value is -2.39. The molecule has 0 unspecified atom stereocenters. The summed E-state index contributed by atoms with van der Waals surface area (Å²) in [6, 6.07) is 18.8. The lowest BCUT2D eigenvalue weighted by Crippen LogP contribution is -2.43. The Morgan fingerprint density at radius 2 is 1.68 bits per heavy atom. The molecular weight excluding hydrogens is 270 g/mol. The molecular formula is C19H19N3. The van der Waals surface area contributed by atoms with E-state index in [9.17, 15) is 0 Å². The van der Waals surface area contributed by atoms with Crippen LogP contribution in [0.5, 0.6) is 0 Å². The zero-order chi connectivity index (χ0) is 15.0. The number of imidazole rings is 1. The molecule has 0 bridgehead atoms. The maximum Gasteiger partial charge on any atom is 0.0999 e. The van der Waals surface area contributed by atoms with Gasteiger partial charge in [-0.05, 0) is 37.0 Å². The molecule has 110 valence electrons. The van der Waals surface area contributed by atoms with Crippen molar-refractivity contribution in [3.8, 4) is 16.9 Å². The van der Waals surface area contributed by atoms with Gasteiger partial charge in [0.2, 0.25) is 0 Å². The third-order valence-corrected chi connectivity index (χ3v) is 4.64. The van der Waals surface area contributed by atoms with E-state index in [2.05, 4.69) is 52.1 Å². The van der Waals surface area contributed by atoms with Gasteiger partial charge in [0.15, 0.2) is 0 Å². The molecule has 22 heavy (non-hydrogen) atoms. The van der Waals surface area contributed by atoms with Gasteiger partial charge in [0.05, 0.1) is 12.0 Å². The summed E-state index contributed by atoms with van der Waals surface area (Å²) >= 11 is 0. The van der Waals surface area contributed by atoms with Crippen molar-refractivity contribution in [3.05, 3.63) is 72.7 Å². The molecule has 4 rings (SSSR count). The average molecular weight is 289 g/mol. The maximum atomic E-state index is 6.37. The van der Waals surface area contributed by atoms with Crippen LogP contribution in [0.15, 0.2) is 67.1 Å². The first-order valence-corrected chi connectivity index (χ1v) is 7.74. The predicted octanol–water partition coefficient (Wildman–Crippen LogP) is 3.88. The van der Waals surface area contributed by atoms with E-state index >= 15 is 0 Å². The number of hydrogen-bond donors (Lipinski definition) is 1. The predicted molar refractivity (Wildman–Crippen MR) is 88.7 cm³/mol. The summed E-state index contributed by atoms with van der Waals surface area (Å²) in [5.74, 6) is 0. The standard InChI is InChI=1S/C19H19N3/c20-19(11-4-12-19)16-7-9-17(10-8-16)22-13-18(21-14-22)15-5-2-1-3-6-15/h1-3,5-10,13-14H,4,11-12,20H2. The van der Waals surface area contributed by atoms with E-state index in [1.165, 1.54) is 12.0 Å². The number of benzene rings is 2. The summed E-state index contributed by atoms with van der Waals surface area (Å²) in [5.41, 5.74) is 10.8. The second-order valence-electron chi connectivity index (χ2n) is 6.09. The molecule has 0 saturated heterocycles. The van der Waals surface area contributed by atoms with E-state index in [4.69, 9.17) is 5.73 Å². The molecule has 1 fully saturated rings. The highest BCUT2D eigenvalue weighted by Gasteiger charge is 2.33. The molecule has 1 saturated carbocycles. The van der Waals surface area contributed by atoms with Crippen LogP contribution in [0.2, 0.25) is 0 Å². The van der Waals surface area contributed by atoms with Gasteiger partial charge >= 0.3 is 0 Å². The highest BCUT2D eigenvalue weighted by atomic mass is 15.0. The summed E-state index contributed by atoms with van der Waals surface area (Å²) < 4.78 is 2.05. The zero-order valence-electron chi connectivity index (χ0n) is 12.4. The molecule has 1 aromatic heterocycles. The fourth-order valence-electron chi connectivity index (χ4n) is 3.03. The third kappa shape index (κ3) is 2.24. The lowest BCUT2D eigenvalue weighted by atomic mass is 9.73. The largest absolute Gasteiger partial charge is 0.321 e. The minimum absolute atomic E-state index is 0.0946. The van der Waals surface area contributed by atoms with E-state index in [1.54, 1.807) is 0 Å². The molecule has 0 radical (unpaired) electrons. The van der Waals surface area contributed by atoms with Crippen LogP contribution in [0.25, 0.3) is 16.9 Å². The fourth-order valence-corrected chi connectivity index (χ4v) is 3.03. The molecule has 2 N–H and O–H groups in total. The van der Waals surface area contributed by atoms with Crippen molar-refractivity contribution < 1.29 is 0 Å². The maximum absolute atomic E-state index is 6.37. The second-order valence-corrected chi connectivity index (χ2v) is 6.09. The molecule has 0 aliphatic heterocycles. The van der Waals surface area contributed by atoms with Crippen molar-refractivity contribution in [1.29, 1.82) is 0 Å². The van der Waals surface area contributed by atoms with Crippen molar-refractivity contribution in [2.45, 2.75) is 24.8 Å². The van der Waals surface area contributed by atoms with Crippen molar-refractivity contribution in [2.24, 2.45) is 5.73 Å². The van der Waals surface area contributed by atoms with Crippen molar-refractivity contribution >= 4 is 0 Å². The van der Waals surface area contributed by atoms with E-state index in [0.717, 1.165) is 29.8 Å². The van der Waals surface area contributed by atoms with Crippen molar-refractivity contribution in [2.75, 3.05) is 0 Å². The molecule has 3 aromatic rings. The van der Waals surface area contributed by atoms with Crippen LogP contribution in [0.3, 0.4) is 0 Å².